The maximum atomic E-state index is 3.68. The van der Waals surface area contributed by atoms with Crippen molar-refractivity contribution in [3.05, 3.63) is 27.3 Å². The predicted molar refractivity (Wildman–Crippen MR) is 87.3 cm³/mol. The summed E-state index contributed by atoms with van der Waals surface area (Å²) in [6, 6.07) is 7.32. The number of piperidine rings is 1. The molecule has 100 valence electrons. The lowest BCUT2D eigenvalue weighted by atomic mass is 10.0. The summed E-state index contributed by atoms with van der Waals surface area (Å²) in [7, 11) is 0. The highest BCUT2D eigenvalue weighted by atomic mass is 127. The molecule has 1 aromatic rings. The second-order valence-corrected chi connectivity index (χ2v) is 6.39. The topological polar surface area (TPSA) is 15.3 Å². The fourth-order valence-electron chi connectivity index (χ4n) is 2.54. The zero-order chi connectivity index (χ0) is 13.0. The Bertz CT molecular complexity index is 384. The monoisotopic (exact) mass is 358 g/mol. The maximum Gasteiger partial charge on any atom is 0.0353 e. The molecule has 0 radical (unpaired) electrons. The summed E-state index contributed by atoms with van der Waals surface area (Å²) in [5.41, 5.74) is 2.64. The second-order valence-electron chi connectivity index (χ2n) is 5.22. The van der Waals surface area contributed by atoms with Crippen molar-refractivity contribution in [2.24, 2.45) is 0 Å². The van der Waals surface area contributed by atoms with Crippen molar-refractivity contribution in [1.82, 2.24) is 4.90 Å². The van der Waals surface area contributed by atoms with Crippen molar-refractivity contribution in [3.8, 4) is 0 Å². The third-order valence-corrected chi connectivity index (χ3v) is 4.83. The Hall–Kier alpha value is -0.290. The third-order valence-electron chi connectivity index (χ3n) is 3.67. The molecule has 0 amide bonds. The van der Waals surface area contributed by atoms with Gasteiger partial charge in [-0.25, -0.2) is 0 Å². The van der Waals surface area contributed by atoms with Gasteiger partial charge in [0.25, 0.3) is 0 Å². The summed E-state index contributed by atoms with van der Waals surface area (Å²) in [6.07, 6.45) is 3.81. The number of hydrogen-bond donors (Lipinski definition) is 1. The zero-order valence-electron chi connectivity index (χ0n) is 11.4. The predicted octanol–water partition coefficient (Wildman–Crippen LogP) is 3.89. The van der Waals surface area contributed by atoms with Crippen LogP contribution >= 0.6 is 22.6 Å². The van der Waals surface area contributed by atoms with Crippen LogP contribution in [0.1, 0.15) is 31.7 Å². The number of aryl methyl sites for hydroxylation is 1. The van der Waals surface area contributed by atoms with Gasteiger partial charge in [-0.15, -0.1) is 0 Å². The molecule has 1 heterocycles. The Labute approximate surface area is 124 Å². The smallest absolute Gasteiger partial charge is 0.0353 e. The van der Waals surface area contributed by atoms with Gasteiger partial charge in [0.05, 0.1) is 0 Å². The quantitative estimate of drug-likeness (QED) is 0.822. The number of anilines is 1. The molecule has 1 aromatic carbocycles. The zero-order valence-corrected chi connectivity index (χ0v) is 13.5. The Morgan fingerprint density at radius 2 is 2.06 bits per heavy atom. The van der Waals surface area contributed by atoms with Gasteiger partial charge in [0, 0.05) is 28.4 Å². The molecule has 1 N–H and O–H groups in total. The molecule has 0 bridgehead atoms. The minimum atomic E-state index is 0.650. The van der Waals surface area contributed by atoms with E-state index in [4.69, 9.17) is 0 Å². The number of hydrogen-bond acceptors (Lipinski definition) is 2. The lowest BCUT2D eigenvalue weighted by molar-refractivity contribution is 0.219. The molecule has 18 heavy (non-hydrogen) atoms. The van der Waals surface area contributed by atoms with Crippen LogP contribution in [0.25, 0.3) is 0 Å². The highest BCUT2D eigenvalue weighted by Crippen LogP contribution is 2.20. The van der Waals surface area contributed by atoms with Crippen molar-refractivity contribution < 1.29 is 0 Å². The van der Waals surface area contributed by atoms with Crippen LogP contribution in [0.4, 0.5) is 5.69 Å². The van der Waals surface area contributed by atoms with E-state index in [1.165, 1.54) is 53.7 Å². The summed E-state index contributed by atoms with van der Waals surface area (Å²) in [4.78, 5) is 2.58. The molecule has 0 spiro atoms. The molecule has 0 aromatic heterocycles. The molecule has 1 saturated heterocycles. The van der Waals surface area contributed by atoms with Crippen molar-refractivity contribution >= 4 is 28.3 Å². The van der Waals surface area contributed by atoms with E-state index in [0.29, 0.717) is 6.04 Å². The number of nitrogens with one attached hydrogen (secondary N) is 1. The Balaban J connectivity index is 1.85. The van der Waals surface area contributed by atoms with Gasteiger partial charge < -0.3 is 10.2 Å². The molecule has 1 aliphatic heterocycles. The number of halogens is 1. The molecule has 0 unspecified atom stereocenters. The van der Waals surface area contributed by atoms with E-state index in [1.807, 2.05) is 0 Å². The van der Waals surface area contributed by atoms with Crippen molar-refractivity contribution in [2.75, 3.05) is 25.0 Å². The molecule has 1 fully saturated rings. The molecule has 2 rings (SSSR count). The Morgan fingerprint density at radius 1 is 1.33 bits per heavy atom. The van der Waals surface area contributed by atoms with Crippen LogP contribution < -0.4 is 5.32 Å². The first-order valence-electron chi connectivity index (χ1n) is 6.94. The van der Waals surface area contributed by atoms with E-state index in [-0.39, 0.29) is 0 Å². The fourth-order valence-corrected chi connectivity index (χ4v) is 3.05. The Kier molecular flexibility index (Phi) is 5.30. The standard InChI is InChI=1S/C15H23IN2/c1-3-8-18-9-6-13(7-10-18)17-14-5-4-12(2)15(16)11-14/h4-5,11,13,17H,3,6-10H2,1-2H3. The largest absolute Gasteiger partial charge is 0.382 e. The van der Waals surface area contributed by atoms with E-state index in [9.17, 15) is 0 Å². The van der Waals surface area contributed by atoms with Crippen LogP contribution in [0.5, 0.6) is 0 Å². The summed E-state index contributed by atoms with van der Waals surface area (Å²) < 4.78 is 1.35. The van der Waals surface area contributed by atoms with Gasteiger partial charge in [-0.2, -0.15) is 0 Å². The molecule has 0 saturated carbocycles. The van der Waals surface area contributed by atoms with Crippen LogP contribution in [0.15, 0.2) is 18.2 Å². The minimum absolute atomic E-state index is 0.650. The van der Waals surface area contributed by atoms with Crippen LogP contribution in [0.2, 0.25) is 0 Å². The molecule has 1 aliphatic rings. The normalized spacial score (nSPS) is 17.9. The van der Waals surface area contributed by atoms with E-state index >= 15 is 0 Å². The van der Waals surface area contributed by atoms with Crippen molar-refractivity contribution in [3.63, 3.8) is 0 Å². The van der Waals surface area contributed by atoms with E-state index in [2.05, 4.69) is 64.9 Å². The van der Waals surface area contributed by atoms with E-state index < -0.39 is 0 Å². The number of likely N-dealkylation sites (tertiary alicyclic amines) is 1. The summed E-state index contributed by atoms with van der Waals surface area (Å²) in [5, 5.41) is 3.68. The Morgan fingerprint density at radius 3 is 2.67 bits per heavy atom. The molecule has 3 heteroatoms. The highest BCUT2D eigenvalue weighted by Gasteiger charge is 2.18. The lowest BCUT2D eigenvalue weighted by Crippen LogP contribution is -2.39. The highest BCUT2D eigenvalue weighted by molar-refractivity contribution is 14.1. The number of rotatable bonds is 4. The van der Waals surface area contributed by atoms with E-state index in [0.717, 1.165) is 0 Å². The molecule has 2 nitrogen and oxygen atoms in total. The van der Waals surface area contributed by atoms with Gasteiger partial charge in [-0.1, -0.05) is 13.0 Å². The SMILES string of the molecule is CCCN1CCC(Nc2ccc(C)c(I)c2)CC1. The van der Waals surface area contributed by atoms with E-state index in [1.54, 1.807) is 0 Å². The molecular formula is C15H23IN2. The van der Waals surface area contributed by atoms with Crippen LogP contribution in [-0.2, 0) is 0 Å². The number of nitrogens with zero attached hydrogens (tertiary/aromatic N) is 1. The summed E-state index contributed by atoms with van der Waals surface area (Å²) >= 11 is 2.41. The minimum Gasteiger partial charge on any atom is -0.382 e. The van der Waals surface area contributed by atoms with Crippen molar-refractivity contribution in [2.45, 2.75) is 39.2 Å². The van der Waals surface area contributed by atoms with Gasteiger partial charge in [-0.3, -0.25) is 0 Å². The maximum absolute atomic E-state index is 3.68. The van der Waals surface area contributed by atoms with Crippen LogP contribution in [-0.4, -0.2) is 30.6 Å². The van der Waals surface area contributed by atoms with Crippen molar-refractivity contribution in [1.29, 1.82) is 0 Å². The fraction of sp³-hybridized carbons (Fsp3) is 0.600. The lowest BCUT2D eigenvalue weighted by Gasteiger charge is -2.32. The summed E-state index contributed by atoms with van der Waals surface area (Å²) in [6.45, 7) is 8.17. The first-order valence-corrected chi connectivity index (χ1v) is 8.02. The summed E-state index contributed by atoms with van der Waals surface area (Å²) in [5.74, 6) is 0. The van der Waals surface area contributed by atoms with Crippen LogP contribution in [0, 0.1) is 10.5 Å². The van der Waals surface area contributed by atoms with Gasteiger partial charge in [0.1, 0.15) is 0 Å². The molecular weight excluding hydrogens is 335 g/mol. The van der Waals surface area contributed by atoms with Gasteiger partial charge in [0.2, 0.25) is 0 Å². The first-order chi connectivity index (χ1) is 8.69. The van der Waals surface area contributed by atoms with Crippen LogP contribution in [0.3, 0.4) is 0 Å². The van der Waals surface area contributed by atoms with Gasteiger partial charge >= 0.3 is 0 Å². The second kappa shape index (κ2) is 6.75. The van der Waals surface area contributed by atoms with Gasteiger partial charge in [-0.05, 0) is 73.0 Å². The number of benzene rings is 1. The average molecular weight is 358 g/mol. The molecule has 0 aliphatic carbocycles. The first kappa shape index (κ1) is 14.1. The third kappa shape index (κ3) is 3.85. The molecule has 0 atom stereocenters. The average Bonchev–Trinajstić information content (AvgIpc) is 2.37. The van der Waals surface area contributed by atoms with Gasteiger partial charge in [0.15, 0.2) is 0 Å².